The second-order valence-corrected chi connectivity index (χ2v) is 5.07. The predicted octanol–water partition coefficient (Wildman–Crippen LogP) is 2.91. The molecule has 0 aliphatic heterocycles. The summed E-state index contributed by atoms with van der Waals surface area (Å²) in [5.74, 6) is 0. The number of hydrogen-bond acceptors (Lipinski definition) is 6. The monoisotopic (exact) mass is 260 g/mol. The molecule has 0 atom stereocenters. The van der Waals surface area contributed by atoms with Gasteiger partial charge in [0.15, 0.2) is 5.13 Å². The van der Waals surface area contributed by atoms with Crippen molar-refractivity contribution in [3.63, 3.8) is 0 Å². The molecule has 3 heterocycles. The Kier molecular flexibility index (Phi) is 2.58. The molecule has 17 heavy (non-hydrogen) atoms. The molecule has 0 saturated heterocycles. The van der Waals surface area contributed by atoms with Crippen molar-refractivity contribution in [3.8, 4) is 22.1 Å². The highest BCUT2D eigenvalue weighted by Crippen LogP contribution is 2.28. The van der Waals surface area contributed by atoms with Crippen LogP contribution in [0.1, 0.15) is 0 Å². The number of nitrogens with two attached hydrogens (primary N) is 1. The lowest BCUT2D eigenvalue weighted by atomic mass is 10.3. The Morgan fingerprint density at radius 1 is 0.941 bits per heavy atom. The zero-order chi connectivity index (χ0) is 11.7. The lowest BCUT2D eigenvalue weighted by Gasteiger charge is -1.92. The second kappa shape index (κ2) is 4.23. The average molecular weight is 260 g/mol. The maximum atomic E-state index is 5.60. The van der Waals surface area contributed by atoms with Crippen LogP contribution >= 0.6 is 22.7 Å². The summed E-state index contributed by atoms with van der Waals surface area (Å²) in [6, 6.07) is 5.78. The largest absolute Gasteiger partial charge is 0.375 e. The van der Waals surface area contributed by atoms with Gasteiger partial charge in [-0.1, -0.05) is 6.07 Å². The molecule has 0 amide bonds. The summed E-state index contributed by atoms with van der Waals surface area (Å²) >= 11 is 2.98. The van der Waals surface area contributed by atoms with Crippen LogP contribution in [0, 0.1) is 0 Å². The number of pyridine rings is 1. The van der Waals surface area contributed by atoms with Gasteiger partial charge in [0.25, 0.3) is 0 Å². The fourth-order valence-corrected chi connectivity index (χ4v) is 2.75. The number of rotatable bonds is 2. The highest BCUT2D eigenvalue weighted by Gasteiger charge is 2.09. The third kappa shape index (κ3) is 2.04. The summed E-state index contributed by atoms with van der Waals surface area (Å²) in [5.41, 5.74) is 8.16. The van der Waals surface area contributed by atoms with Crippen LogP contribution in [0.25, 0.3) is 22.1 Å². The molecule has 0 spiro atoms. The van der Waals surface area contributed by atoms with Crippen molar-refractivity contribution in [2.24, 2.45) is 0 Å². The molecule has 4 nitrogen and oxygen atoms in total. The molecule has 0 aliphatic carbocycles. The number of nitrogens with zero attached hydrogens (tertiary/aromatic N) is 3. The van der Waals surface area contributed by atoms with Crippen LogP contribution in [0.4, 0.5) is 5.13 Å². The van der Waals surface area contributed by atoms with E-state index in [-0.39, 0.29) is 0 Å². The Hall–Kier alpha value is -1.79. The smallest absolute Gasteiger partial charge is 0.180 e. The summed E-state index contributed by atoms with van der Waals surface area (Å²) in [7, 11) is 0. The van der Waals surface area contributed by atoms with Crippen molar-refractivity contribution >= 4 is 27.8 Å². The predicted molar refractivity (Wildman–Crippen MR) is 70.9 cm³/mol. The van der Waals surface area contributed by atoms with Crippen molar-refractivity contribution in [3.05, 3.63) is 35.2 Å². The van der Waals surface area contributed by atoms with Gasteiger partial charge in [0.1, 0.15) is 16.4 Å². The minimum atomic E-state index is 0.562. The van der Waals surface area contributed by atoms with E-state index >= 15 is 0 Å². The van der Waals surface area contributed by atoms with Crippen LogP contribution in [0.2, 0.25) is 0 Å². The van der Waals surface area contributed by atoms with Crippen LogP contribution in [0.3, 0.4) is 0 Å². The molecule has 84 valence electrons. The van der Waals surface area contributed by atoms with Gasteiger partial charge in [-0.25, -0.2) is 9.97 Å². The van der Waals surface area contributed by atoms with E-state index in [0.29, 0.717) is 5.13 Å². The van der Waals surface area contributed by atoms with Crippen LogP contribution in [-0.4, -0.2) is 15.0 Å². The summed E-state index contributed by atoms with van der Waals surface area (Å²) in [6.07, 6.45) is 1.76. The molecular formula is C11H8N4S2. The first kappa shape index (κ1) is 10.4. The lowest BCUT2D eigenvalue weighted by molar-refractivity contribution is 1.28. The second-order valence-electron chi connectivity index (χ2n) is 3.32. The van der Waals surface area contributed by atoms with Crippen LogP contribution in [-0.2, 0) is 0 Å². The fourth-order valence-electron chi connectivity index (χ4n) is 1.40. The summed E-state index contributed by atoms with van der Waals surface area (Å²) in [4.78, 5) is 13.0. The van der Waals surface area contributed by atoms with Crippen molar-refractivity contribution < 1.29 is 0 Å². The normalized spacial score (nSPS) is 10.6. The molecular weight excluding hydrogens is 252 g/mol. The molecule has 3 aromatic rings. The maximum Gasteiger partial charge on any atom is 0.180 e. The van der Waals surface area contributed by atoms with E-state index in [4.69, 9.17) is 5.73 Å². The quantitative estimate of drug-likeness (QED) is 0.769. The average Bonchev–Trinajstić information content (AvgIpc) is 2.98. The zero-order valence-electron chi connectivity index (χ0n) is 8.70. The number of nitrogen functional groups attached to an aromatic ring is 1. The number of anilines is 1. The van der Waals surface area contributed by atoms with Gasteiger partial charge in [0, 0.05) is 17.0 Å². The minimum absolute atomic E-state index is 0.562. The van der Waals surface area contributed by atoms with Crippen molar-refractivity contribution in [2.45, 2.75) is 0 Å². The molecule has 2 N–H and O–H groups in total. The molecule has 3 aromatic heterocycles. The molecule has 0 unspecified atom stereocenters. The van der Waals surface area contributed by atoms with Gasteiger partial charge in [0.2, 0.25) is 0 Å². The Labute approximate surface area is 106 Å². The topological polar surface area (TPSA) is 64.7 Å². The van der Waals surface area contributed by atoms with E-state index in [0.717, 1.165) is 22.1 Å². The van der Waals surface area contributed by atoms with E-state index in [2.05, 4.69) is 15.0 Å². The summed E-state index contributed by atoms with van der Waals surface area (Å²) < 4.78 is 0. The van der Waals surface area contributed by atoms with Gasteiger partial charge in [-0.2, -0.15) is 0 Å². The van der Waals surface area contributed by atoms with Crippen LogP contribution in [0.5, 0.6) is 0 Å². The number of aromatic nitrogens is 3. The van der Waals surface area contributed by atoms with Crippen LogP contribution < -0.4 is 5.73 Å². The van der Waals surface area contributed by atoms with E-state index in [1.54, 1.807) is 17.5 Å². The van der Waals surface area contributed by atoms with Gasteiger partial charge >= 0.3 is 0 Å². The van der Waals surface area contributed by atoms with Crippen molar-refractivity contribution in [1.29, 1.82) is 0 Å². The molecule has 0 aliphatic rings. The van der Waals surface area contributed by atoms with Gasteiger partial charge < -0.3 is 5.73 Å². The molecule has 6 heteroatoms. The lowest BCUT2D eigenvalue weighted by Crippen LogP contribution is -1.84. The SMILES string of the molecule is Nc1nc(-c2csc(-c3ccccn3)n2)cs1. The van der Waals surface area contributed by atoms with E-state index in [1.807, 2.05) is 29.0 Å². The standard InChI is InChI=1S/C11H8N4S2/c12-11-15-9(6-17-11)8-5-16-10(14-8)7-3-1-2-4-13-7/h1-6H,(H2,12,15). The Balaban J connectivity index is 1.99. The first-order valence-electron chi connectivity index (χ1n) is 4.91. The third-order valence-corrected chi connectivity index (χ3v) is 3.71. The first-order chi connectivity index (χ1) is 8.33. The van der Waals surface area contributed by atoms with E-state index in [1.165, 1.54) is 11.3 Å². The summed E-state index contributed by atoms with van der Waals surface area (Å²) in [5, 5.41) is 5.34. The van der Waals surface area contributed by atoms with Gasteiger partial charge in [-0.15, -0.1) is 22.7 Å². The zero-order valence-corrected chi connectivity index (χ0v) is 10.3. The van der Waals surface area contributed by atoms with Gasteiger partial charge in [-0.05, 0) is 12.1 Å². The summed E-state index contributed by atoms with van der Waals surface area (Å²) in [6.45, 7) is 0. The Bertz CT molecular complexity index is 630. The Morgan fingerprint density at radius 3 is 2.47 bits per heavy atom. The molecule has 3 rings (SSSR count). The molecule has 0 radical (unpaired) electrons. The minimum Gasteiger partial charge on any atom is -0.375 e. The van der Waals surface area contributed by atoms with E-state index < -0.39 is 0 Å². The van der Waals surface area contributed by atoms with E-state index in [9.17, 15) is 0 Å². The first-order valence-corrected chi connectivity index (χ1v) is 6.67. The molecule has 0 aromatic carbocycles. The Morgan fingerprint density at radius 2 is 1.76 bits per heavy atom. The van der Waals surface area contributed by atoms with Crippen LogP contribution in [0.15, 0.2) is 35.2 Å². The fraction of sp³-hybridized carbons (Fsp3) is 0. The molecule has 0 bridgehead atoms. The van der Waals surface area contributed by atoms with Gasteiger partial charge in [0.05, 0.1) is 5.69 Å². The van der Waals surface area contributed by atoms with Crippen molar-refractivity contribution in [2.75, 3.05) is 5.73 Å². The van der Waals surface area contributed by atoms with Gasteiger partial charge in [-0.3, -0.25) is 4.98 Å². The molecule has 0 saturated carbocycles. The third-order valence-electron chi connectivity index (χ3n) is 2.17. The highest BCUT2D eigenvalue weighted by molar-refractivity contribution is 7.14. The number of hydrogen-bond donors (Lipinski definition) is 1. The highest BCUT2D eigenvalue weighted by atomic mass is 32.1. The maximum absolute atomic E-state index is 5.60. The van der Waals surface area contributed by atoms with Crippen molar-refractivity contribution in [1.82, 2.24) is 15.0 Å². The number of thiazole rings is 2. The molecule has 0 fully saturated rings.